The Hall–Kier alpha value is -1.80. The predicted octanol–water partition coefficient (Wildman–Crippen LogP) is 5.76. The minimum Gasteiger partial charge on any atom is -0.243 e. The van der Waals surface area contributed by atoms with Crippen molar-refractivity contribution in [2.45, 2.75) is 38.8 Å². The molecule has 2 aromatic rings. The Bertz CT molecular complexity index is 660. The van der Waals surface area contributed by atoms with Gasteiger partial charge in [0.05, 0.1) is 16.6 Å². The molecule has 0 aliphatic carbocycles. The van der Waals surface area contributed by atoms with E-state index in [4.69, 9.17) is 0 Å². The van der Waals surface area contributed by atoms with Gasteiger partial charge in [-0.05, 0) is 18.6 Å². The van der Waals surface area contributed by atoms with E-state index in [0.717, 1.165) is 29.9 Å². The number of unbranched alkanes of at least 4 members (excludes halogenated alkanes) is 3. The van der Waals surface area contributed by atoms with E-state index in [2.05, 4.69) is 23.7 Å². The van der Waals surface area contributed by atoms with Crippen LogP contribution in [0.2, 0.25) is 0 Å². The molecule has 0 N–H and O–H groups in total. The number of benzene rings is 1. The summed E-state index contributed by atoms with van der Waals surface area (Å²) in [7, 11) is 0. The fourth-order valence-corrected chi connectivity index (χ4v) is 2.68. The number of aromatic nitrogens is 1. The van der Waals surface area contributed by atoms with E-state index in [1.54, 1.807) is 6.20 Å². The Morgan fingerprint density at radius 1 is 1.14 bits per heavy atom. The molecule has 0 aliphatic rings. The summed E-state index contributed by atoms with van der Waals surface area (Å²) >= 11 is 1.40. The first-order chi connectivity index (χ1) is 10.5. The Labute approximate surface area is 132 Å². The zero-order valence-electron chi connectivity index (χ0n) is 12.2. The second-order valence-electron chi connectivity index (χ2n) is 4.86. The lowest BCUT2D eigenvalue weighted by molar-refractivity contribution is -0.137. The molecule has 0 spiro atoms. The van der Waals surface area contributed by atoms with Crippen molar-refractivity contribution < 1.29 is 13.2 Å². The maximum absolute atomic E-state index is 12.5. The van der Waals surface area contributed by atoms with Crippen LogP contribution in [0.3, 0.4) is 0 Å². The molecular formula is C17H16F3NS. The lowest BCUT2D eigenvalue weighted by Gasteiger charge is -2.06. The summed E-state index contributed by atoms with van der Waals surface area (Å²) in [6.45, 7) is 2.15. The molecule has 0 fully saturated rings. The van der Waals surface area contributed by atoms with Gasteiger partial charge in [-0.1, -0.05) is 43.7 Å². The van der Waals surface area contributed by atoms with Crippen LogP contribution in [0.1, 0.15) is 43.0 Å². The van der Waals surface area contributed by atoms with Crippen LogP contribution in [0.4, 0.5) is 13.2 Å². The molecule has 0 radical (unpaired) electrons. The summed E-state index contributed by atoms with van der Waals surface area (Å²) in [5.41, 5.74) is 0.0285. The van der Waals surface area contributed by atoms with E-state index >= 15 is 0 Å². The summed E-state index contributed by atoms with van der Waals surface area (Å²) in [5.74, 6) is 6.16. The van der Waals surface area contributed by atoms with Crippen LogP contribution < -0.4 is 0 Å². The smallest absolute Gasteiger partial charge is 0.243 e. The minimum absolute atomic E-state index is 0.649. The molecule has 1 nitrogen and oxygen atoms in total. The van der Waals surface area contributed by atoms with Gasteiger partial charge < -0.3 is 0 Å². The van der Waals surface area contributed by atoms with E-state index in [-0.39, 0.29) is 0 Å². The third-order valence-electron chi connectivity index (χ3n) is 3.08. The number of nitrogens with zero attached hydrogens (tertiary/aromatic N) is 1. The van der Waals surface area contributed by atoms with Crippen LogP contribution in [-0.2, 0) is 6.18 Å². The molecule has 0 bridgehead atoms. The Morgan fingerprint density at radius 2 is 1.86 bits per heavy atom. The van der Waals surface area contributed by atoms with Gasteiger partial charge in [-0.3, -0.25) is 0 Å². The van der Waals surface area contributed by atoms with Gasteiger partial charge in [0.25, 0.3) is 0 Å². The van der Waals surface area contributed by atoms with E-state index in [1.165, 1.54) is 36.3 Å². The molecule has 116 valence electrons. The van der Waals surface area contributed by atoms with E-state index < -0.39 is 11.7 Å². The zero-order valence-corrected chi connectivity index (χ0v) is 13.0. The zero-order chi connectivity index (χ0) is 16.0. The number of hydrogen-bond donors (Lipinski definition) is 0. The molecule has 0 atom stereocenters. The Balaban J connectivity index is 2.05. The molecule has 0 aliphatic heterocycles. The van der Waals surface area contributed by atoms with Crippen molar-refractivity contribution in [2.24, 2.45) is 0 Å². The fourth-order valence-electron chi connectivity index (χ4n) is 1.88. The molecule has 1 heterocycles. The highest BCUT2D eigenvalue weighted by Gasteiger charge is 2.30. The summed E-state index contributed by atoms with van der Waals surface area (Å²) < 4.78 is 37.6. The predicted molar refractivity (Wildman–Crippen MR) is 83.6 cm³/mol. The van der Waals surface area contributed by atoms with Gasteiger partial charge in [-0.25, -0.2) is 4.98 Å². The SMILES string of the molecule is CCCCCC#Cc1cnc(-c2ccc(C(F)(F)F)cc2)s1. The Morgan fingerprint density at radius 3 is 2.50 bits per heavy atom. The van der Waals surface area contributed by atoms with Crippen molar-refractivity contribution in [3.63, 3.8) is 0 Å². The second-order valence-corrected chi connectivity index (χ2v) is 5.89. The van der Waals surface area contributed by atoms with Crippen molar-refractivity contribution in [1.29, 1.82) is 0 Å². The number of thiazole rings is 1. The highest BCUT2D eigenvalue weighted by Crippen LogP contribution is 2.31. The van der Waals surface area contributed by atoms with Crippen molar-refractivity contribution in [1.82, 2.24) is 4.98 Å². The van der Waals surface area contributed by atoms with Gasteiger partial charge in [0.2, 0.25) is 0 Å². The number of alkyl halides is 3. The lowest BCUT2D eigenvalue weighted by Crippen LogP contribution is -2.03. The average molecular weight is 323 g/mol. The summed E-state index contributed by atoms with van der Waals surface area (Å²) in [6.07, 6.45) is 1.66. The van der Waals surface area contributed by atoms with Crippen LogP contribution in [-0.4, -0.2) is 4.98 Å². The van der Waals surface area contributed by atoms with E-state index in [1.807, 2.05) is 0 Å². The van der Waals surface area contributed by atoms with Crippen molar-refractivity contribution in [2.75, 3.05) is 0 Å². The maximum Gasteiger partial charge on any atom is 0.416 e. The second kappa shape index (κ2) is 7.46. The first-order valence-corrected chi connectivity index (χ1v) is 7.94. The van der Waals surface area contributed by atoms with Gasteiger partial charge in [0, 0.05) is 12.0 Å². The molecule has 22 heavy (non-hydrogen) atoms. The minimum atomic E-state index is -4.31. The van der Waals surface area contributed by atoms with Gasteiger partial charge in [-0.15, -0.1) is 11.3 Å². The van der Waals surface area contributed by atoms with Gasteiger partial charge in [0.15, 0.2) is 0 Å². The van der Waals surface area contributed by atoms with Crippen molar-refractivity contribution >= 4 is 11.3 Å². The molecule has 1 aromatic heterocycles. The first kappa shape index (κ1) is 16.6. The normalized spacial score (nSPS) is 11.1. The van der Waals surface area contributed by atoms with Gasteiger partial charge in [-0.2, -0.15) is 13.2 Å². The number of hydrogen-bond acceptors (Lipinski definition) is 2. The molecular weight excluding hydrogens is 307 g/mol. The molecule has 2 rings (SSSR count). The third-order valence-corrected chi connectivity index (χ3v) is 4.04. The largest absolute Gasteiger partial charge is 0.416 e. The third kappa shape index (κ3) is 4.60. The highest BCUT2D eigenvalue weighted by atomic mass is 32.1. The summed E-state index contributed by atoms with van der Waals surface area (Å²) in [6, 6.07) is 5.04. The highest BCUT2D eigenvalue weighted by molar-refractivity contribution is 7.15. The van der Waals surface area contributed by atoms with Crippen molar-refractivity contribution in [3.8, 4) is 22.4 Å². The van der Waals surface area contributed by atoms with Crippen molar-refractivity contribution in [3.05, 3.63) is 40.9 Å². The molecule has 1 aromatic carbocycles. The summed E-state index contributed by atoms with van der Waals surface area (Å²) in [5, 5.41) is 0.687. The molecule has 5 heteroatoms. The molecule has 0 saturated carbocycles. The average Bonchev–Trinajstić information content (AvgIpc) is 2.95. The van der Waals surface area contributed by atoms with Crippen LogP contribution in [0.15, 0.2) is 30.5 Å². The van der Waals surface area contributed by atoms with Gasteiger partial charge in [0.1, 0.15) is 5.01 Å². The lowest BCUT2D eigenvalue weighted by atomic mass is 10.1. The molecule has 0 unspecified atom stereocenters. The van der Waals surface area contributed by atoms with Gasteiger partial charge >= 0.3 is 6.18 Å². The number of halogens is 3. The monoisotopic (exact) mass is 323 g/mol. The standard InChI is InChI=1S/C17H16F3NS/c1-2-3-4-5-6-7-15-12-21-16(22-15)13-8-10-14(11-9-13)17(18,19)20/h8-12H,2-5H2,1H3. The van der Waals surface area contributed by atoms with E-state index in [9.17, 15) is 13.2 Å². The molecule has 0 saturated heterocycles. The quantitative estimate of drug-likeness (QED) is 0.515. The van der Waals surface area contributed by atoms with Crippen LogP contribution in [0.5, 0.6) is 0 Å². The van der Waals surface area contributed by atoms with Crippen LogP contribution in [0.25, 0.3) is 10.6 Å². The molecule has 0 amide bonds. The van der Waals surface area contributed by atoms with Crippen LogP contribution >= 0.6 is 11.3 Å². The first-order valence-electron chi connectivity index (χ1n) is 7.13. The maximum atomic E-state index is 12.5. The fraction of sp³-hybridized carbons (Fsp3) is 0.353. The summed E-state index contributed by atoms with van der Waals surface area (Å²) in [4.78, 5) is 5.07. The topological polar surface area (TPSA) is 12.9 Å². The number of rotatable bonds is 4. The van der Waals surface area contributed by atoms with Crippen LogP contribution in [0, 0.1) is 11.8 Å². The Kier molecular flexibility index (Phi) is 5.62. The van der Waals surface area contributed by atoms with E-state index in [0.29, 0.717) is 10.6 Å².